The lowest BCUT2D eigenvalue weighted by Gasteiger charge is -2.21. The summed E-state index contributed by atoms with van der Waals surface area (Å²) in [7, 11) is 0. The predicted molar refractivity (Wildman–Crippen MR) is 89.4 cm³/mol. The Kier molecular flexibility index (Phi) is 4.65. The highest BCUT2D eigenvalue weighted by atomic mass is 14.2. The van der Waals surface area contributed by atoms with Crippen molar-refractivity contribution in [3.8, 4) is 11.1 Å². The Labute approximate surface area is 123 Å². The average molecular weight is 266 g/mol. The van der Waals surface area contributed by atoms with Gasteiger partial charge in [0.1, 0.15) is 0 Å². The predicted octanol–water partition coefficient (Wildman–Crippen LogP) is 6.16. The van der Waals surface area contributed by atoms with E-state index in [2.05, 4.69) is 77.1 Å². The van der Waals surface area contributed by atoms with Crippen LogP contribution >= 0.6 is 0 Å². The van der Waals surface area contributed by atoms with E-state index in [4.69, 9.17) is 0 Å². The molecule has 0 bridgehead atoms. The van der Waals surface area contributed by atoms with Gasteiger partial charge in [0.05, 0.1) is 0 Å². The van der Waals surface area contributed by atoms with E-state index >= 15 is 0 Å². The minimum absolute atomic E-state index is 0.575. The molecule has 0 aliphatic carbocycles. The second-order valence-corrected chi connectivity index (χ2v) is 6.16. The molecule has 0 unspecified atom stereocenters. The summed E-state index contributed by atoms with van der Waals surface area (Å²) in [5.74, 6) is 1.15. The lowest BCUT2D eigenvalue weighted by Crippen LogP contribution is -2.03. The van der Waals surface area contributed by atoms with Crippen molar-refractivity contribution < 1.29 is 0 Å². The number of hydrogen-bond acceptors (Lipinski definition) is 0. The van der Waals surface area contributed by atoms with Crippen molar-refractivity contribution >= 4 is 0 Å². The number of benzene rings is 2. The van der Waals surface area contributed by atoms with Gasteiger partial charge in [0.2, 0.25) is 0 Å². The first-order valence-corrected chi connectivity index (χ1v) is 7.76. The van der Waals surface area contributed by atoms with E-state index in [0.29, 0.717) is 11.8 Å². The molecule has 0 aliphatic heterocycles. The second-order valence-electron chi connectivity index (χ2n) is 6.16. The van der Waals surface area contributed by atoms with Gasteiger partial charge in [-0.1, -0.05) is 77.1 Å². The lowest BCUT2D eigenvalue weighted by atomic mass is 9.84. The van der Waals surface area contributed by atoms with Crippen molar-refractivity contribution in [3.05, 3.63) is 59.2 Å². The van der Waals surface area contributed by atoms with Crippen LogP contribution in [0.25, 0.3) is 11.1 Å². The fraction of sp³-hybridized carbons (Fsp3) is 0.400. The van der Waals surface area contributed by atoms with Gasteiger partial charge in [-0.25, -0.2) is 0 Å². The number of hydrogen-bond donors (Lipinski definition) is 0. The van der Waals surface area contributed by atoms with Gasteiger partial charge in [-0.3, -0.25) is 0 Å². The van der Waals surface area contributed by atoms with Gasteiger partial charge >= 0.3 is 0 Å². The summed E-state index contributed by atoms with van der Waals surface area (Å²) in [6.07, 6.45) is 1.12. The average Bonchev–Trinajstić information content (AvgIpc) is 2.46. The van der Waals surface area contributed by atoms with E-state index in [-0.39, 0.29) is 0 Å². The fourth-order valence-electron chi connectivity index (χ4n) is 2.95. The van der Waals surface area contributed by atoms with Crippen molar-refractivity contribution in [2.45, 2.75) is 52.9 Å². The van der Waals surface area contributed by atoms with E-state index in [1.807, 2.05) is 0 Å². The fourth-order valence-corrected chi connectivity index (χ4v) is 2.95. The smallest absolute Gasteiger partial charge is 0.0178 e. The third-order valence-corrected chi connectivity index (χ3v) is 4.02. The van der Waals surface area contributed by atoms with Crippen LogP contribution in [0, 0.1) is 0 Å². The van der Waals surface area contributed by atoms with Gasteiger partial charge in [0, 0.05) is 0 Å². The molecule has 0 heteroatoms. The zero-order chi connectivity index (χ0) is 14.7. The van der Waals surface area contributed by atoms with Crippen LogP contribution in [0.15, 0.2) is 42.5 Å². The zero-order valence-electron chi connectivity index (χ0n) is 13.4. The summed E-state index contributed by atoms with van der Waals surface area (Å²) in [5.41, 5.74) is 7.25. The Morgan fingerprint density at radius 2 is 1.25 bits per heavy atom. The molecule has 106 valence electrons. The second kappa shape index (κ2) is 6.26. The molecule has 0 aliphatic rings. The van der Waals surface area contributed by atoms with Crippen LogP contribution in [0.2, 0.25) is 0 Å². The molecule has 0 saturated heterocycles. The van der Waals surface area contributed by atoms with Gasteiger partial charge in [-0.2, -0.15) is 0 Å². The number of rotatable bonds is 4. The highest BCUT2D eigenvalue weighted by Gasteiger charge is 2.15. The Balaban J connectivity index is 2.66. The molecular formula is C20H26. The summed E-state index contributed by atoms with van der Waals surface area (Å²) in [5, 5.41) is 0. The Bertz CT molecular complexity index is 533. The Morgan fingerprint density at radius 1 is 0.750 bits per heavy atom. The largest absolute Gasteiger partial charge is 0.0622 e. The van der Waals surface area contributed by atoms with E-state index in [0.717, 1.165) is 6.42 Å². The minimum atomic E-state index is 0.575. The van der Waals surface area contributed by atoms with Gasteiger partial charge in [0.25, 0.3) is 0 Å². The van der Waals surface area contributed by atoms with E-state index in [1.54, 1.807) is 5.56 Å². The molecule has 0 N–H and O–H groups in total. The van der Waals surface area contributed by atoms with Gasteiger partial charge in [0.15, 0.2) is 0 Å². The SMILES string of the molecule is CCc1c(C(C)C)cc(-c2ccccc2)cc1C(C)C. The van der Waals surface area contributed by atoms with Crippen molar-refractivity contribution in [3.63, 3.8) is 0 Å². The quantitative estimate of drug-likeness (QED) is 0.621. The highest BCUT2D eigenvalue weighted by Crippen LogP contribution is 2.33. The third kappa shape index (κ3) is 2.95. The molecular weight excluding hydrogens is 240 g/mol. The van der Waals surface area contributed by atoms with Gasteiger partial charge in [-0.15, -0.1) is 0 Å². The third-order valence-electron chi connectivity index (χ3n) is 4.02. The molecule has 0 heterocycles. The molecule has 0 saturated carbocycles. The molecule has 0 nitrogen and oxygen atoms in total. The molecule has 0 radical (unpaired) electrons. The topological polar surface area (TPSA) is 0 Å². The van der Waals surface area contributed by atoms with Crippen molar-refractivity contribution in [1.29, 1.82) is 0 Å². The first-order chi connectivity index (χ1) is 9.54. The molecule has 2 rings (SSSR count). The van der Waals surface area contributed by atoms with Crippen LogP contribution < -0.4 is 0 Å². The normalized spacial score (nSPS) is 11.3. The van der Waals surface area contributed by atoms with Crippen LogP contribution in [0.3, 0.4) is 0 Å². The summed E-state index contributed by atoms with van der Waals surface area (Å²) < 4.78 is 0. The summed E-state index contributed by atoms with van der Waals surface area (Å²) in [6, 6.07) is 15.5. The lowest BCUT2D eigenvalue weighted by molar-refractivity contribution is 0.801. The summed E-state index contributed by atoms with van der Waals surface area (Å²) in [6.45, 7) is 11.5. The van der Waals surface area contributed by atoms with Crippen molar-refractivity contribution in [2.24, 2.45) is 0 Å². The first-order valence-electron chi connectivity index (χ1n) is 7.76. The monoisotopic (exact) mass is 266 g/mol. The molecule has 0 amide bonds. The standard InChI is InChI=1S/C20H26/c1-6-18-19(14(2)3)12-17(13-20(18)15(4)5)16-10-8-7-9-11-16/h7-15H,6H2,1-5H3. The van der Waals surface area contributed by atoms with Crippen LogP contribution in [-0.4, -0.2) is 0 Å². The summed E-state index contributed by atoms with van der Waals surface area (Å²) in [4.78, 5) is 0. The molecule has 0 spiro atoms. The maximum atomic E-state index is 2.39. The van der Waals surface area contributed by atoms with Gasteiger partial charge < -0.3 is 0 Å². The van der Waals surface area contributed by atoms with Crippen LogP contribution in [0.1, 0.15) is 63.1 Å². The zero-order valence-corrected chi connectivity index (χ0v) is 13.4. The first kappa shape index (κ1) is 14.8. The van der Waals surface area contributed by atoms with E-state index in [1.165, 1.54) is 22.3 Å². The molecule has 20 heavy (non-hydrogen) atoms. The molecule has 0 fully saturated rings. The molecule has 2 aromatic rings. The van der Waals surface area contributed by atoms with E-state index in [9.17, 15) is 0 Å². The minimum Gasteiger partial charge on any atom is -0.0622 e. The van der Waals surface area contributed by atoms with Crippen molar-refractivity contribution in [2.75, 3.05) is 0 Å². The molecule has 0 atom stereocenters. The summed E-state index contributed by atoms with van der Waals surface area (Å²) >= 11 is 0. The van der Waals surface area contributed by atoms with Gasteiger partial charge in [-0.05, 0) is 46.1 Å². The van der Waals surface area contributed by atoms with Crippen LogP contribution in [0.5, 0.6) is 0 Å². The Hall–Kier alpha value is -1.56. The van der Waals surface area contributed by atoms with Crippen molar-refractivity contribution in [1.82, 2.24) is 0 Å². The van der Waals surface area contributed by atoms with E-state index < -0.39 is 0 Å². The van der Waals surface area contributed by atoms with Crippen LogP contribution in [0.4, 0.5) is 0 Å². The molecule has 0 aromatic heterocycles. The maximum Gasteiger partial charge on any atom is -0.0178 e. The molecule has 2 aromatic carbocycles. The highest BCUT2D eigenvalue weighted by molar-refractivity contribution is 5.67. The van der Waals surface area contributed by atoms with Crippen LogP contribution in [-0.2, 0) is 6.42 Å². The Morgan fingerprint density at radius 3 is 1.65 bits per heavy atom. The maximum absolute atomic E-state index is 2.39.